The van der Waals surface area contributed by atoms with Crippen molar-refractivity contribution in [2.24, 2.45) is 0 Å². The average Bonchev–Trinajstić information content (AvgIpc) is 2.90. The summed E-state index contributed by atoms with van der Waals surface area (Å²) in [5.41, 5.74) is 12.3. The second-order valence-corrected chi connectivity index (χ2v) is 9.41. The highest BCUT2D eigenvalue weighted by Gasteiger charge is 2.16. The minimum atomic E-state index is -0.127. The average molecular weight is 487 g/mol. The van der Waals surface area contributed by atoms with Gasteiger partial charge in [-0.25, -0.2) is 9.97 Å². The molecule has 0 unspecified atom stereocenters. The Morgan fingerprint density at radius 1 is 0.944 bits per heavy atom. The number of anilines is 4. The van der Waals surface area contributed by atoms with Gasteiger partial charge in [-0.2, -0.15) is 0 Å². The minimum absolute atomic E-state index is 0.127. The van der Waals surface area contributed by atoms with E-state index in [1.54, 1.807) is 18.3 Å². The van der Waals surface area contributed by atoms with Crippen molar-refractivity contribution in [3.8, 4) is 11.3 Å². The van der Waals surface area contributed by atoms with E-state index in [0.717, 1.165) is 43.6 Å². The van der Waals surface area contributed by atoms with Crippen LogP contribution in [0, 0.1) is 0 Å². The Balaban J connectivity index is 1.45. The predicted molar refractivity (Wildman–Crippen MR) is 144 cm³/mol. The summed E-state index contributed by atoms with van der Waals surface area (Å²) in [6.45, 7) is 4.13. The van der Waals surface area contributed by atoms with Gasteiger partial charge in [-0.05, 0) is 86.6 Å². The highest BCUT2D eigenvalue weighted by molar-refractivity contribution is 5.96. The van der Waals surface area contributed by atoms with Gasteiger partial charge < -0.3 is 26.0 Å². The Kier molecular flexibility index (Phi) is 7.61. The van der Waals surface area contributed by atoms with Crippen molar-refractivity contribution in [1.29, 1.82) is 0 Å². The van der Waals surface area contributed by atoms with E-state index >= 15 is 0 Å². The number of ether oxygens (including phenoxy) is 1. The molecule has 0 aliphatic carbocycles. The van der Waals surface area contributed by atoms with Crippen LogP contribution in [0.25, 0.3) is 11.3 Å². The van der Waals surface area contributed by atoms with Crippen molar-refractivity contribution in [1.82, 2.24) is 15.3 Å². The van der Waals surface area contributed by atoms with Gasteiger partial charge in [-0.3, -0.25) is 4.79 Å². The molecule has 3 aliphatic heterocycles. The minimum Gasteiger partial charge on any atom is -0.398 e. The maximum atomic E-state index is 12.5. The smallest absolute Gasteiger partial charge is 0.251 e. The van der Waals surface area contributed by atoms with E-state index in [1.807, 2.05) is 12.1 Å². The van der Waals surface area contributed by atoms with Gasteiger partial charge in [0.1, 0.15) is 0 Å². The number of fused-ring (bicyclic) bond motifs is 10. The SMILES string of the molecule is Nc1cc2ccc1-c1ccnc(n1)Nc1ccc(N3CCCCC3)c(c1)CCOCCCCNC2=O. The number of nitrogen functional groups attached to an aromatic ring is 1. The summed E-state index contributed by atoms with van der Waals surface area (Å²) in [4.78, 5) is 24.2. The fourth-order valence-corrected chi connectivity index (χ4v) is 4.86. The summed E-state index contributed by atoms with van der Waals surface area (Å²) in [5.74, 6) is 0.369. The number of benzene rings is 2. The van der Waals surface area contributed by atoms with Gasteiger partial charge in [0.15, 0.2) is 0 Å². The van der Waals surface area contributed by atoms with Crippen LogP contribution in [0.3, 0.4) is 0 Å². The maximum absolute atomic E-state index is 12.5. The molecule has 36 heavy (non-hydrogen) atoms. The highest BCUT2D eigenvalue weighted by atomic mass is 16.5. The van der Waals surface area contributed by atoms with Gasteiger partial charge in [-0.15, -0.1) is 0 Å². The monoisotopic (exact) mass is 486 g/mol. The van der Waals surface area contributed by atoms with Crippen molar-refractivity contribution in [3.63, 3.8) is 0 Å². The van der Waals surface area contributed by atoms with E-state index in [4.69, 9.17) is 15.5 Å². The molecule has 8 nitrogen and oxygen atoms in total. The molecule has 3 aliphatic rings. The third-order valence-electron chi connectivity index (χ3n) is 6.79. The first-order valence-corrected chi connectivity index (χ1v) is 12.9. The van der Waals surface area contributed by atoms with Crippen LogP contribution < -0.4 is 21.3 Å². The van der Waals surface area contributed by atoms with Gasteiger partial charge in [0.2, 0.25) is 5.95 Å². The van der Waals surface area contributed by atoms with E-state index in [-0.39, 0.29) is 5.91 Å². The standard InChI is InChI=1S/C28H34N6O2/c29-24-19-21-6-8-23(24)25-10-13-31-28(33-25)32-22-7-9-26(34-14-3-1-4-15-34)20(18-22)11-17-36-16-5-2-12-30-27(21)35/h6-10,13,18-19H,1-5,11-12,14-17,29H2,(H,30,35)(H,31,32,33). The Morgan fingerprint density at radius 2 is 1.83 bits per heavy atom. The molecule has 6 rings (SSSR count). The Hall–Kier alpha value is -3.65. The molecule has 1 amide bonds. The lowest BCUT2D eigenvalue weighted by Crippen LogP contribution is -2.30. The first kappa shape index (κ1) is 24.1. The lowest BCUT2D eigenvalue weighted by atomic mass is 10.0. The number of rotatable bonds is 1. The highest BCUT2D eigenvalue weighted by Crippen LogP contribution is 2.30. The molecule has 4 heterocycles. The maximum Gasteiger partial charge on any atom is 0.251 e. The van der Waals surface area contributed by atoms with Crippen molar-refractivity contribution in [2.75, 3.05) is 48.8 Å². The zero-order chi connectivity index (χ0) is 24.7. The van der Waals surface area contributed by atoms with Gasteiger partial charge in [-0.1, -0.05) is 0 Å². The molecule has 1 aromatic heterocycles. The predicted octanol–water partition coefficient (Wildman–Crippen LogP) is 4.54. The van der Waals surface area contributed by atoms with Crippen LogP contribution in [-0.2, 0) is 11.2 Å². The Labute approximate surface area is 212 Å². The lowest BCUT2D eigenvalue weighted by Gasteiger charge is -2.31. The number of nitrogens with two attached hydrogens (primary N) is 1. The van der Waals surface area contributed by atoms with E-state index in [9.17, 15) is 4.79 Å². The van der Waals surface area contributed by atoms with Gasteiger partial charge in [0.05, 0.1) is 12.3 Å². The molecule has 6 bridgehead atoms. The molecular weight excluding hydrogens is 452 g/mol. The number of carbonyl (C=O) groups excluding carboxylic acids is 1. The van der Waals surface area contributed by atoms with Crippen LogP contribution in [0.4, 0.5) is 23.0 Å². The zero-order valence-corrected chi connectivity index (χ0v) is 20.6. The number of carbonyl (C=O) groups is 1. The van der Waals surface area contributed by atoms with Crippen molar-refractivity contribution in [2.45, 2.75) is 38.5 Å². The fraction of sp³-hybridized carbons (Fsp3) is 0.393. The van der Waals surface area contributed by atoms with Crippen molar-refractivity contribution < 1.29 is 9.53 Å². The summed E-state index contributed by atoms with van der Waals surface area (Å²) in [7, 11) is 0. The summed E-state index contributed by atoms with van der Waals surface area (Å²) in [5, 5.41) is 6.34. The summed E-state index contributed by atoms with van der Waals surface area (Å²) in [6, 6.07) is 13.6. The first-order valence-electron chi connectivity index (χ1n) is 12.9. The second kappa shape index (κ2) is 11.4. The summed E-state index contributed by atoms with van der Waals surface area (Å²) in [6.07, 6.45) is 8.08. The molecule has 8 heteroatoms. The molecule has 3 aromatic rings. The number of piperidine rings is 1. The second-order valence-electron chi connectivity index (χ2n) is 9.41. The number of nitrogens with zero attached hydrogens (tertiary/aromatic N) is 3. The van der Waals surface area contributed by atoms with E-state index in [0.29, 0.717) is 42.7 Å². The topological polar surface area (TPSA) is 105 Å². The molecule has 0 radical (unpaired) electrons. The third-order valence-corrected chi connectivity index (χ3v) is 6.79. The summed E-state index contributed by atoms with van der Waals surface area (Å²) < 4.78 is 5.96. The number of nitrogens with one attached hydrogen (secondary N) is 2. The molecule has 0 atom stereocenters. The number of hydrogen-bond donors (Lipinski definition) is 3. The molecule has 188 valence electrons. The lowest BCUT2D eigenvalue weighted by molar-refractivity contribution is 0.0949. The van der Waals surface area contributed by atoms with Crippen LogP contribution >= 0.6 is 0 Å². The van der Waals surface area contributed by atoms with Crippen LogP contribution in [0.5, 0.6) is 0 Å². The molecule has 1 saturated heterocycles. The molecular formula is C28H34N6O2. The number of amides is 1. The van der Waals surface area contributed by atoms with Crippen molar-refractivity contribution >= 4 is 28.9 Å². The molecule has 2 aromatic carbocycles. The van der Waals surface area contributed by atoms with Crippen LogP contribution in [0.1, 0.15) is 48.0 Å². The third kappa shape index (κ3) is 5.76. The van der Waals surface area contributed by atoms with Crippen LogP contribution in [-0.4, -0.2) is 48.7 Å². The Morgan fingerprint density at radius 3 is 2.69 bits per heavy atom. The van der Waals surface area contributed by atoms with Crippen LogP contribution in [0.15, 0.2) is 48.7 Å². The van der Waals surface area contributed by atoms with Crippen LogP contribution in [0.2, 0.25) is 0 Å². The molecule has 0 saturated carbocycles. The fourth-order valence-electron chi connectivity index (χ4n) is 4.86. The van der Waals surface area contributed by atoms with Gasteiger partial charge in [0.25, 0.3) is 5.91 Å². The van der Waals surface area contributed by atoms with E-state index in [1.165, 1.54) is 30.5 Å². The van der Waals surface area contributed by atoms with E-state index in [2.05, 4.69) is 38.7 Å². The van der Waals surface area contributed by atoms with E-state index < -0.39 is 0 Å². The molecule has 0 spiro atoms. The Bertz CT molecular complexity index is 1210. The normalized spacial score (nSPS) is 17.2. The molecule has 4 N–H and O–H groups in total. The largest absolute Gasteiger partial charge is 0.398 e. The number of hydrogen-bond acceptors (Lipinski definition) is 7. The quantitative estimate of drug-likeness (QED) is 0.434. The van der Waals surface area contributed by atoms with Gasteiger partial charge >= 0.3 is 0 Å². The molecule has 1 fully saturated rings. The zero-order valence-electron chi connectivity index (χ0n) is 20.6. The first-order chi connectivity index (χ1) is 17.7. The van der Waals surface area contributed by atoms with Crippen molar-refractivity contribution in [3.05, 3.63) is 59.8 Å². The van der Waals surface area contributed by atoms with Gasteiger partial charge in [0, 0.05) is 60.6 Å². The number of aromatic nitrogens is 2. The summed E-state index contributed by atoms with van der Waals surface area (Å²) >= 11 is 0.